The highest BCUT2D eigenvalue weighted by molar-refractivity contribution is 5.93. The number of carbonyl (C=O) groups excluding carboxylic acids is 4. The number of amides is 2. The first-order valence-electron chi connectivity index (χ1n) is 19.1. The van der Waals surface area contributed by atoms with Crippen molar-refractivity contribution in [2.45, 2.75) is 89.4 Å². The van der Waals surface area contributed by atoms with Crippen LogP contribution in [-0.2, 0) is 32.2 Å². The van der Waals surface area contributed by atoms with Crippen LogP contribution in [0.15, 0.2) is 109 Å². The van der Waals surface area contributed by atoms with Crippen molar-refractivity contribution in [3.8, 4) is 23.0 Å². The zero-order chi connectivity index (χ0) is 37.3. The first-order chi connectivity index (χ1) is 26.4. The molecular formula is C44H46N2O8. The first-order valence-corrected chi connectivity index (χ1v) is 19.1. The Morgan fingerprint density at radius 2 is 0.778 bits per heavy atom. The summed E-state index contributed by atoms with van der Waals surface area (Å²) in [6, 6.07) is 33.9. The predicted molar refractivity (Wildman–Crippen MR) is 201 cm³/mol. The third-order valence-electron chi connectivity index (χ3n) is 10.8. The lowest BCUT2D eigenvalue weighted by molar-refractivity contribution is -0.161. The van der Waals surface area contributed by atoms with Crippen molar-refractivity contribution in [3.05, 3.63) is 120 Å². The van der Waals surface area contributed by atoms with E-state index < -0.39 is 36.0 Å². The molecule has 3 aliphatic rings. The number of para-hydroxylation sites is 2. The number of nitrogens with zero attached hydrogens (tertiary/aromatic N) is 2. The minimum atomic E-state index is -0.855. The second kappa shape index (κ2) is 17.5. The molecule has 0 radical (unpaired) electrons. The van der Waals surface area contributed by atoms with E-state index in [9.17, 15) is 19.2 Å². The molecule has 7 rings (SSSR count). The lowest BCUT2D eigenvalue weighted by Gasteiger charge is -2.34. The maximum atomic E-state index is 13.5. The smallest absolute Gasteiger partial charge is 0.418 e. The molecule has 0 aliphatic heterocycles. The Morgan fingerprint density at radius 3 is 1.11 bits per heavy atom. The van der Waals surface area contributed by atoms with Crippen molar-refractivity contribution in [2.75, 3.05) is 0 Å². The first kappa shape index (κ1) is 36.7. The lowest BCUT2D eigenvalue weighted by Crippen LogP contribution is -2.46. The van der Waals surface area contributed by atoms with Crippen molar-refractivity contribution in [2.24, 2.45) is 11.8 Å². The fourth-order valence-corrected chi connectivity index (χ4v) is 7.59. The van der Waals surface area contributed by atoms with Gasteiger partial charge in [0.05, 0.1) is 11.8 Å². The van der Waals surface area contributed by atoms with Crippen molar-refractivity contribution >= 4 is 24.1 Å². The summed E-state index contributed by atoms with van der Waals surface area (Å²) in [6.45, 7) is 0.541. The number of hydrogen-bond acceptors (Lipinski definition) is 8. The van der Waals surface area contributed by atoms with E-state index >= 15 is 0 Å². The highest BCUT2D eigenvalue weighted by Gasteiger charge is 2.46. The number of esters is 2. The Hall–Kier alpha value is -5.64. The van der Waals surface area contributed by atoms with E-state index in [1.54, 1.807) is 9.80 Å². The van der Waals surface area contributed by atoms with Crippen molar-refractivity contribution in [1.29, 1.82) is 0 Å². The molecule has 0 aromatic heterocycles. The van der Waals surface area contributed by atoms with E-state index in [0.717, 1.165) is 74.0 Å². The highest BCUT2D eigenvalue weighted by Crippen LogP contribution is 2.37. The standard InChI is InChI=1S/C44H46N2O8/c47-41(53-43(49)45(33-11-7-8-12-33)29-31-19-23-37(24-20-31)51-35-15-3-1-4-16-35)39-27-28-40(39)42(48)54-44(50)46(34-13-9-10-14-34)30-32-21-25-38(26-22-32)52-36-17-5-2-6-18-36/h1-6,15-26,33-34,39-40H,7-14,27-30H2. The van der Waals surface area contributed by atoms with E-state index in [4.69, 9.17) is 18.9 Å². The second-order valence-corrected chi connectivity index (χ2v) is 14.4. The van der Waals surface area contributed by atoms with Gasteiger partial charge < -0.3 is 28.7 Å². The molecule has 4 aromatic carbocycles. The molecule has 4 aromatic rings. The van der Waals surface area contributed by atoms with Gasteiger partial charge in [-0.2, -0.15) is 0 Å². The Bertz CT molecular complexity index is 1730. The molecule has 2 unspecified atom stereocenters. The van der Waals surface area contributed by atoms with Crippen LogP contribution in [0.3, 0.4) is 0 Å². The van der Waals surface area contributed by atoms with Gasteiger partial charge in [0, 0.05) is 25.2 Å². The molecule has 0 bridgehead atoms. The number of ether oxygens (including phenoxy) is 4. The number of rotatable bonds is 12. The summed E-state index contributed by atoms with van der Waals surface area (Å²) in [6.07, 6.45) is 6.54. The summed E-state index contributed by atoms with van der Waals surface area (Å²) in [5.41, 5.74) is 1.75. The third-order valence-corrected chi connectivity index (χ3v) is 10.8. The maximum absolute atomic E-state index is 13.5. The fraction of sp³-hybridized carbons (Fsp3) is 0.364. The molecule has 0 N–H and O–H groups in total. The van der Waals surface area contributed by atoms with Gasteiger partial charge in [0.25, 0.3) is 0 Å². The van der Waals surface area contributed by atoms with Crippen molar-refractivity contribution in [1.82, 2.24) is 9.80 Å². The van der Waals surface area contributed by atoms with E-state index in [2.05, 4.69) is 0 Å². The molecule has 2 atom stereocenters. The van der Waals surface area contributed by atoms with Crippen molar-refractivity contribution < 1.29 is 38.1 Å². The van der Waals surface area contributed by atoms with Gasteiger partial charge in [0.2, 0.25) is 0 Å². The van der Waals surface area contributed by atoms with Gasteiger partial charge in [0.1, 0.15) is 23.0 Å². The monoisotopic (exact) mass is 730 g/mol. The van der Waals surface area contributed by atoms with Crippen LogP contribution in [0, 0.1) is 11.8 Å². The third kappa shape index (κ3) is 9.28. The molecule has 3 saturated carbocycles. The SMILES string of the molecule is O=C(OC(=O)N(Cc1ccc(Oc2ccccc2)cc1)C1CCCC1)C1CCC1C(=O)OC(=O)N(Cc1ccc(Oc2ccccc2)cc1)C1CCCC1. The number of benzene rings is 4. The van der Waals surface area contributed by atoms with Gasteiger partial charge in [0.15, 0.2) is 0 Å². The summed E-state index contributed by atoms with van der Waals surface area (Å²) >= 11 is 0. The normalized spacial score (nSPS) is 18.3. The van der Waals surface area contributed by atoms with Crippen LogP contribution >= 0.6 is 0 Å². The van der Waals surface area contributed by atoms with Crippen LogP contribution in [0.2, 0.25) is 0 Å². The molecule has 3 aliphatic carbocycles. The van der Waals surface area contributed by atoms with Crippen LogP contribution in [0.5, 0.6) is 23.0 Å². The average molecular weight is 731 g/mol. The van der Waals surface area contributed by atoms with Gasteiger partial charge >= 0.3 is 24.1 Å². The van der Waals surface area contributed by atoms with Crippen LogP contribution < -0.4 is 9.47 Å². The summed E-state index contributed by atoms with van der Waals surface area (Å²) in [4.78, 5) is 57.0. The molecule has 0 heterocycles. The number of hydrogen-bond donors (Lipinski definition) is 0. The zero-order valence-electron chi connectivity index (χ0n) is 30.3. The largest absolute Gasteiger partial charge is 0.457 e. The Balaban J connectivity index is 0.944. The predicted octanol–water partition coefficient (Wildman–Crippen LogP) is 9.81. The summed E-state index contributed by atoms with van der Waals surface area (Å²) in [7, 11) is 0. The van der Waals surface area contributed by atoms with Crippen LogP contribution in [-0.4, -0.2) is 46.0 Å². The Labute approximate surface area is 316 Å². The van der Waals surface area contributed by atoms with Crippen LogP contribution in [0.25, 0.3) is 0 Å². The van der Waals surface area contributed by atoms with E-state index in [0.29, 0.717) is 24.3 Å². The van der Waals surface area contributed by atoms with Gasteiger partial charge in [-0.25, -0.2) is 9.59 Å². The molecule has 2 amide bonds. The molecule has 280 valence electrons. The minimum absolute atomic E-state index is 0.0560. The average Bonchev–Trinajstić information content (AvgIpc) is 3.90. The topological polar surface area (TPSA) is 112 Å². The summed E-state index contributed by atoms with van der Waals surface area (Å²) in [5, 5.41) is 0. The van der Waals surface area contributed by atoms with Crippen molar-refractivity contribution in [3.63, 3.8) is 0 Å². The molecule has 0 spiro atoms. The van der Waals surface area contributed by atoms with Gasteiger partial charge in [-0.05, 0) is 98.2 Å². The van der Waals surface area contributed by atoms with Gasteiger partial charge in [-0.3, -0.25) is 9.59 Å². The highest BCUT2D eigenvalue weighted by atomic mass is 16.6. The second-order valence-electron chi connectivity index (χ2n) is 14.4. The molecular weight excluding hydrogens is 684 g/mol. The van der Waals surface area contributed by atoms with E-state index in [1.165, 1.54) is 0 Å². The molecule has 54 heavy (non-hydrogen) atoms. The van der Waals surface area contributed by atoms with Gasteiger partial charge in [-0.15, -0.1) is 0 Å². The zero-order valence-corrected chi connectivity index (χ0v) is 30.3. The molecule has 10 heteroatoms. The van der Waals surface area contributed by atoms with Gasteiger partial charge in [-0.1, -0.05) is 86.3 Å². The van der Waals surface area contributed by atoms with Crippen LogP contribution in [0.4, 0.5) is 9.59 Å². The quantitative estimate of drug-likeness (QED) is 0.105. The Kier molecular flexibility index (Phi) is 11.9. The summed E-state index contributed by atoms with van der Waals surface area (Å²) in [5.74, 6) is -0.439. The van der Waals surface area contributed by atoms with E-state index in [1.807, 2.05) is 109 Å². The number of carbonyl (C=O) groups is 4. The lowest BCUT2D eigenvalue weighted by atomic mass is 9.74. The van der Waals surface area contributed by atoms with Crippen LogP contribution in [0.1, 0.15) is 75.3 Å². The van der Waals surface area contributed by atoms with E-state index in [-0.39, 0.29) is 25.2 Å². The molecule has 0 saturated heterocycles. The fourth-order valence-electron chi connectivity index (χ4n) is 7.59. The molecule has 3 fully saturated rings. The summed E-state index contributed by atoms with van der Waals surface area (Å²) < 4.78 is 22.7. The Morgan fingerprint density at radius 1 is 0.444 bits per heavy atom. The minimum Gasteiger partial charge on any atom is -0.457 e. The maximum Gasteiger partial charge on any atom is 0.418 e. The molecule has 10 nitrogen and oxygen atoms in total.